The van der Waals surface area contributed by atoms with Crippen molar-refractivity contribution >= 4 is 47.8 Å². The Hall–Kier alpha value is -4.24. The summed E-state index contributed by atoms with van der Waals surface area (Å²) in [4.78, 5) is 93.5. The zero-order chi connectivity index (χ0) is 31.9. The molecule has 0 radical (unpaired) electrons. The number of carboxylic acid groups (broad SMARTS) is 4. The first-order chi connectivity index (χ1) is 18.9. The predicted octanol–water partition coefficient (Wildman–Crippen LogP) is 0.589. The van der Waals surface area contributed by atoms with Crippen LogP contribution < -0.4 is 0 Å². The van der Waals surface area contributed by atoms with Crippen LogP contribution in [-0.4, -0.2) is 94.6 Å². The molecule has 41 heavy (non-hydrogen) atoms. The average molecular weight is 593 g/mol. The van der Waals surface area contributed by atoms with Gasteiger partial charge in [0.2, 0.25) is 0 Å². The van der Waals surface area contributed by atoms with Crippen LogP contribution in [-0.2, 0) is 57.3 Å². The Morgan fingerprint density at radius 1 is 0.439 bits per heavy atom. The van der Waals surface area contributed by atoms with E-state index in [-0.39, 0.29) is 0 Å². The van der Waals surface area contributed by atoms with Crippen LogP contribution in [0.1, 0.15) is 53.4 Å². The van der Waals surface area contributed by atoms with Gasteiger partial charge in [0.25, 0.3) is 0 Å². The third-order valence-electron chi connectivity index (χ3n) is 5.62. The van der Waals surface area contributed by atoms with E-state index in [1.165, 1.54) is 27.7 Å². The summed E-state index contributed by atoms with van der Waals surface area (Å²) in [5, 5.41) is 35.7. The van der Waals surface area contributed by atoms with E-state index in [9.17, 15) is 38.4 Å². The van der Waals surface area contributed by atoms with Crippen LogP contribution in [0.2, 0.25) is 0 Å². The van der Waals surface area contributed by atoms with Crippen molar-refractivity contribution in [2.45, 2.75) is 53.4 Å². The van der Waals surface area contributed by atoms with E-state index in [1.54, 1.807) is 0 Å². The highest BCUT2D eigenvalue weighted by Crippen LogP contribution is 2.25. The quantitative estimate of drug-likeness (QED) is 0.111. The molecule has 4 atom stereocenters. The summed E-state index contributed by atoms with van der Waals surface area (Å²) in [5.41, 5.74) is -1.84. The van der Waals surface area contributed by atoms with E-state index >= 15 is 0 Å². The van der Waals surface area contributed by atoms with Crippen molar-refractivity contribution in [3.05, 3.63) is 0 Å². The van der Waals surface area contributed by atoms with Gasteiger partial charge in [-0.25, -0.2) is 0 Å². The van der Waals surface area contributed by atoms with Crippen molar-refractivity contribution in [3.63, 3.8) is 0 Å². The van der Waals surface area contributed by atoms with Crippen LogP contribution >= 0.6 is 0 Å². The van der Waals surface area contributed by atoms with Gasteiger partial charge in [-0.2, -0.15) is 0 Å². The Morgan fingerprint density at radius 3 is 0.756 bits per heavy atom. The molecule has 4 N–H and O–H groups in total. The maximum atomic E-state index is 12.4. The van der Waals surface area contributed by atoms with E-state index in [1.807, 2.05) is 0 Å². The SMILES string of the molecule is CC(CC(=O)O)C(=O)OCC(COC(=O)C(C)CC(=O)O)(COC(=O)C(C)CC(=O)O)COC(=O)C(C)CC(=O)O. The monoisotopic (exact) mass is 592 g/mol. The number of esters is 4. The molecule has 0 saturated carbocycles. The zero-order valence-corrected chi connectivity index (χ0v) is 23.2. The van der Waals surface area contributed by atoms with Crippen molar-refractivity contribution in [3.8, 4) is 0 Å². The van der Waals surface area contributed by atoms with E-state index in [0.717, 1.165) is 0 Å². The van der Waals surface area contributed by atoms with Gasteiger partial charge in [0, 0.05) is 0 Å². The first-order valence-corrected chi connectivity index (χ1v) is 12.4. The molecule has 0 aliphatic heterocycles. The number of rotatable bonds is 20. The molecule has 0 spiro atoms. The minimum absolute atomic E-state index is 0.600. The fourth-order valence-electron chi connectivity index (χ4n) is 3.10. The highest BCUT2D eigenvalue weighted by atomic mass is 16.6. The summed E-state index contributed by atoms with van der Waals surface area (Å²) in [6.07, 6.45) is -2.40. The topological polar surface area (TPSA) is 254 Å². The van der Waals surface area contributed by atoms with Gasteiger partial charge in [-0.3, -0.25) is 38.4 Å². The zero-order valence-electron chi connectivity index (χ0n) is 23.2. The second kappa shape index (κ2) is 17.5. The minimum Gasteiger partial charge on any atom is -0.481 e. The molecule has 232 valence electrons. The van der Waals surface area contributed by atoms with E-state index < -0.39 is 129 Å². The van der Waals surface area contributed by atoms with Crippen molar-refractivity contribution < 1.29 is 77.7 Å². The molecule has 0 amide bonds. The van der Waals surface area contributed by atoms with Gasteiger partial charge >= 0.3 is 47.8 Å². The fraction of sp³-hybridized carbons (Fsp3) is 0.680. The van der Waals surface area contributed by atoms with Gasteiger partial charge in [-0.1, -0.05) is 27.7 Å². The van der Waals surface area contributed by atoms with Crippen molar-refractivity contribution in [2.24, 2.45) is 29.1 Å². The lowest BCUT2D eigenvalue weighted by molar-refractivity contribution is -0.178. The fourth-order valence-corrected chi connectivity index (χ4v) is 3.10. The van der Waals surface area contributed by atoms with Crippen LogP contribution in [0.4, 0.5) is 0 Å². The highest BCUT2D eigenvalue weighted by Gasteiger charge is 2.40. The van der Waals surface area contributed by atoms with Crippen molar-refractivity contribution in [1.82, 2.24) is 0 Å². The summed E-state index contributed by atoms with van der Waals surface area (Å²) in [6.45, 7) is 1.96. The molecule has 0 aromatic rings. The number of carbonyl (C=O) groups excluding carboxylic acids is 4. The average Bonchev–Trinajstić information content (AvgIpc) is 2.85. The molecule has 0 heterocycles. The molecule has 16 nitrogen and oxygen atoms in total. The Balaban J connectivity index is 6.15. The smallest absolute Gasteiger partial charge is 0.309 e. The molecule has 0 aromatic heterocycles. The summed E-state index contributed by atoms with van der Waals surface area (Å²) in [7, 11) is 0. The lowest BCUT2D eigenvalue weighted by Crippen LogP contribution is -2.45. The van der Waals surface area contributed by atoms with Crippen LogP contribution in [0.5, 0.6) is 0 Å². The molecular formula is C25H36O16. The lowest BCUT2D eigenvalue weighted by atomic mass is 9.91. The largest absolute Gasteiger partial charge is 0.481 e. The second-order valence-corrected chi connectivity index (χ2v) is 9.93. The van der Waals surface area contributed by atoms with Gasteiger partial charge < -0.3 is 39.4 Å². The number of hydrogen-bond acceptors (Lipinski definition) is 12. The maximum Gasteiger partial charge on any atom is 0.309 e. The Bertz CT molecular complexity index is 829. The van der Waals surface area contributed by atoms with Gasteiger partial charge in [0.05, 0.1) is 49.4 Å². The molecular weight excluding hydrogens is 556 g/mol. The maximum absolute atomic E-state index is 12.4. The van der Waals surface area contributed by atoms with Gasteiger partial charge in [0.1, 0.15) is 31.8 Å². The Labute approximate surface area is 234 Å². The van der Waals surface area contributed by atoms with E-state index in [0.29, 0.717) is 0 Å². The number of ether oxygens (including phenoxy) is 4. The summed E-state index contributed by atoms with van der Waals surface area (Å²) < 4.78 is 20.7. The Morgan fingerprint density at radius 2 is 0.610 bits per heavy atom. The first-order valence-electron chi connectivity index (χ1n) is 12.4. The minimum atomic E-state index is -1.84. The van der Waals surface area contributed by atoms with Crippen LogP contribution in [0.3, 0.4) is 0 Å². The Kier molecular flexibility index (Phi) is 15.6. The summed E-state index contributed by atoms with van der Waals surface area (Å²) in [6, 6.07) is 0. The van der Waals surface area contributed by atoms with Gasteiger partial charge in [-0.15, -0.1) is 0 Å². The van der Waals surface area contributed by atoms with Gasteiger partial charge in [-0.05, 0) is 0 Å². The summed E-state index contributed by atoms with van der Waals surface area (Å²) in [5.74, 6) is -13.8. The van der Waals surface area contributed by atoms with Crippen molar-refractivity contribution in [1.29, 1.82) is 0 Å². The van der Waals surface area contributed by atoms with E-state index in [2.05, 4.69) is 0 Å². The molecule has 0 aliphatic carbocycles. The molecule has 16 heteroatoms. The molecule has 0 saturated heterocycles. The number of carboxylic acids is 4. The van der Waals surface area contributed by atoms with Crippen LogP contribution in [0.25, 0.3) is 0 Å². The van der Waals surface area contributed by atoms with Crippen molar-refractivity contribution in [2.75, 3.05) is 26.4 Å². The van der Waals surface area contributed by atoms with Gasteiger partial charge in [0.15, 0.2) is 0 Å². The normalized spacial score (nSPS) is 15.1. The predicted molar refractivity (Wildman–Crippen MR) is 132 cm³/mol. The van der Waals surface area contributed by atoms with Crippen LogP contribution in [0, 0.1) is 29.1 Å². The van der Waals surface area contributed by atoms with E-state index in [4.69, 9.17) is 39.4 Å². The third kappa shape index (κ3) is 15.2. The van der Waals surface area contributed by atoms with Crippen LogP contribution in [0.15, 0.2) is 0 Å². The molecule has 0 rings (SSSR count). The third-order valence-corrected chi connectivity index (χ3v) is 5.62. The lowest BCUT2D eigenvalue weighted by Gasteiger charge is -2.32. The summed E-state index contributed by atoms with van der Waals surface area (Å²) >= 11 is 0. The molecule has 0 fully saturated rings. The molecule has 0 aromatic carbocycles. The number of hydrogen-bond donors (Lipinski definition) is 4. The molecule has 0 aliphatic rings. The molecule has 0 bridgehead atoms. The standard InChI is InChI=1S/C25H36O16/c1-13(5-17(26)27)21(34)38-9-25(10-39-22(35)14(2)6-18(28)29,11-40-23(36)15(3)7-19(30)31)12-41-24(37)16(4)8-20(32)33/h13-16H,5-12H2,1-4H3,(H,26,27)(H,28,29)(H,30,31)(H,32,33). The first kappa shape index (κ1) is 36.8. The number of carbonyl (C=O) groups is 8. The highest BCUT2D eigenvalue weighted by molar-refractivity contribution is 5.80. The second-order valence-electron chi connectivity index (χ2n) is 9.93. The number of aliphatic carboxylic acids is 4. The molecule has 4 unspecified atom stereocenters.